The fourth-order valence-electron chi connectivity index (χ4n) is 6.25. The van der Waals surface area contributed by atoms with Gasteiger partial charge in [0.05, 0.1) is 0 Å². The molecule has 1 aromatic rings. The Morgan fingerprint density at radius 1 is 0.833 bits per heavy atom. The van der Waals surface area contributed by atoms with Crippen molar-refractivity contribution in [2.45, 2.75) is 77.0 Å². The maximum atomic E-state index is 2.71. The van der Waals surface area contributed by atoms with Crippen LogP contribution in [0, 0.1) is 5.41 Å². The van der Waals surface area contributed by atoms with Crippen molar-refractivity contribution in [3.8, 4) is 0 Å². The smallest absolute Gasteiger partial charge is 0.0404 e. The van der Waals surface area contributed by atoms with Gasteiger partial charge < -0.3 is 9.80 Å². The van der Waals surface area contributed by atoms with Crippen molar-refractivity contribution in [1.82, 2.24) is 4.90 Å². The fourth-order valence-corrected chi connectivity index (χ4v) is 6.25. The van der Waals surface area contributed by atoms with Gasteiger partial charge in [0.25, 0.3) is 0 Å². The number of halogens is 1. The lowest BCUT2D eigenvalue weighted by molar-refractivity contribution is 0.258. The van der Waals surface area contributed by atoms with Crippen LogP contribution in [-0.4, -0.2) is 50.7 Å². The minimum absolute atomic E-state index is 0. The largest absolute Gasteiger partial charge is 0.372 e. The second-order valence-electron chi connectivity index (χ2n) is 10.4. The van der Waals surface area contributed by atoms with E-state index in [0.29, 0.717) is 0 Å². The van der Waals surface area contributed by atoms with E-state index in [1.54, 1.807) is 11.3 Å². The first-order chi connectivity index (χ1) is 14.3. The Bertz CT molecular complexity index is 678. The molecule has 168 valence electrons. The van der Waals surface area contributed by atoms with Gasteiger partial charge in [-0.15, -0.1) is 12.4 Å². The lowest BCUT2D eigenvalue weighted by Crippen LogP contribution is -2.47. The molecule has 0 radical (unpaired) electrons. The minimum atomic E-state index is 0. The summed E-state index contributed by atoms with van der Waals surface area (Å²) in [6.07, 6.45) is 14.3. The zero-order valence-corrected chi connectivity index (χ0v) is 19.9. The highest BCUT2D eigenvalue weighted by Crippen LogP contribution is 2.59. The predicted molar refractivity (Wildman–Crippen MR) is 132 cm³/mol. The highest BCUT2D eigenvalue weighted by Gasteiger charge is 2.45. The topological polar surface area (TPSA) is 9.72 Å². The van der Waals surface area contributed by atoms with E-state index in [2.05, 4.69) is 39.8 Å². The molecule has 0 bridgehead atoms. The van der Waals surface area contributed by atoms with Gasteiger partial charge in [-0.3, -0.25) is 4.90 Å². The summed E-state index contributed by atoms with van der Waals surface area (Å²) >= 11 is 0. The first kappa shape index (κ1) is 22.3. The molecule has 0 atom stereocenters. The number of anilines is 2. The Balaban J connectivity index is 0.00000218. The van der Waals surface area contributed by atoms with Gasteiger partial charge in [-0.05, 0) is 106 Å². The molecule has 0 aromatic heterocycles. The molecule has 0 N–H and O–H groups in total. The van der Waals surface area contributed by atoms with Crippen molar-refractivity contribution in [3.63, 3.8) is 0 Å². The zero-order valence-electron chi connectivity index (χ0n) is 19.1. The molecule has 2 aliphatic heterocycles. The van der Waals surface area contributed by atoms with Crippen LogP contribution in [0.1, 0.15) is 82.6 Å². The first-order valence-corrected chi connectivity index (χ1v) is 12.6. The van der Waals surface area contributed by atoms with Gasteiger partial charge in [0.15, 0.2) is 0 Å². The van der Waals surface area contributed by atoms with E-state index in [0.717, 1.165) is 11.3 Å². The Kier molecular flexibility index (Phi) is 7.19. The van der Waals surface area contributed by atoms with Gasteiger partial charge >= 0.3 is 0 Å². The summed E-state index contributed by atoms with van der Waals surface area (Å²) < 4.78 is 0. The molecule has 0 amide bonds. The summed E-state index contributed by atoms with van der Waals surface area (Å²) in [6, 6.07) is 7.55. The number of hydrogen-bond donors (Lipinski definition) is 0. The van der Waals surface area contributed by atoms with Crippen LogP contribution in [-0.2, 0) is 0 Å². The van der Waals surface area contributed by atoms with Crippen LogP contribution in [0.2, 0.25) is 0 Å². The van der Waals surface area contributed by atoms with Crippen molar-refractivity contribution in [1.29, 1.82) is 0 Å². The third-order valence-electron chi connectivity index (χ3n) is 8.43. The van der Waals surface area contributed by atoms with Crippen LogP contribution >= 0.6 is 12.4 Å². The van der Waals surface area contributed by atoms with E-state index >= 15 is 0 Å². The number of nitrogens with zero attached hydrogens (tertiary/aromatic N) is 3. The summed E-state index contributed by atoms with van der Waals surface area (Å²) in [5, 5.41) is 0. The highest BCUT2D eigenvalue weighted by molar-refractivity contribution is 5.85. The van der Waals surface area contributed by atoms with Crippen molar-refractivity contribution in [2.24, 2.45) is 5.41 Å². The molecule has 4 aliphatic rings. The number of rotatable bonds is 5. The summed E-state index contributed by atoms with van der Waals surface area (Å²) in [6.45, 7) is 10.9. The van der Waals surface area contributed by atoms with Gasteiger partial charge in [0.1, 0.15) is 0 Å². The van der Waals surface area contributed by atoms with Crippen LogP contribution in [0.3, 0.4) is 0 Å². The second-order valence-corrected chi connectivity index (χ2v) is 10.4. The number of piperidine rings is 1. The molecule has 2 saturated carbocycles. The van der Waals surface area contributed by atoms with E-state index in [9.17, 15) is 0 Å². The lowest BCUT2D eigenvalue weighted by Gasteiger charge is -2.39. The van der Waals surface area contributed by atoms with Gasteiger partial charge in [-0.1, -0.05) is 6.92 Å². The molecule has 4 heteroatoms. The van der Waals surface area contributed by atoms with E-state index in [1.807, 2.05) is 0 Å². The Morgan fingerprint density at radius 3 is 2.17 bits per heavy atom. The van der Waals surface area contributed by atoms with Gasteiger partial charge in [-0.25, -0.2) is 0 Å². The lowest BCUT2D eigenvalue weighted by atomic mass is 9.76. The molecule has 0 unspecified atom stereocenters. The Hall–Kier alpha value is -0.930. The van der Waals surface area contributed by atoms with Crippen molar-refractivity contribution in [2.75, 3.05) is 55.6 Å². The molecule has 2 aliphatic carbocycles. The normalized spacial score (nSPS) is 24.7. The van der Waals surface area contributed by atoms with E-state index in [1.165, 1.54) is 116 Å². The molecule has 5 rings (SSSR count). The summed E-state index contributed by atoms with van der Waals surface area (Å²) in [4.78, 5) is 8.01. The molecule has 30 heavy (non-hydrogen) atoms. The monoisotopic (exact) mass is 431 g/mol. The van der Waals surface area contributed by atoms with Crippen molar-refractivity contribution in [3.05, 3.63) is 23.8 Å². The van der Waals surface area contributed by atoms with Crippen LogP contribution in [0.4, 0.5) is 11.4 Å². The maximum Gasteiger partial charge on any atom is 0.0404 e. The van der Waals surface area contributed by atoms with E-state index in [4.69, 9.17) is 0 Å². The summed E-state index contributed by atoms with van der Waals surface area (Å²) in [5.41, 5.74) is 5.54. The average Bonchev–Trinajstić information content (AvgIpc) is 3.54. The van der Waals surface area contributed by atoms with E-state index in [-0.39, 0.29) is 12.4 Å². The molecule has 2 saturated heterocycles. The molecular weight excluding hydrogens is 390 g/mol. The molecular formula is C26H42ClN3. The number of hydrogen-bond acceptors (Lipinski definition) is 3. The van der Waals surface area contributed by atoms with Crippen molar-refractivity contribution < 1.29 is 0 Å². The van der Waals surface area contributed by atoms with Crippen LogP contribution in [0.15, 0.2) is 18.2 Å². The molecule has 4 fully saturated rings. The van der Waals surface area contributed by atoms with Gasteiger partial charge in [0, 0.05) is 50.6 Å². The molecule has 2 heterocycles. The maximum absolute atomic E-state index is 2.71. The number of piperazine rings is 1. The summed E-state index contributed by atoms with van der Waals surface area (Å²) in [7, 11) is 0. The third-order valence-corrected chi connectivity index (χ3v) is 8.43. The quantitative estimate of drug-likeness (QED) is 0.560. The first-order valence-electron chi connectivity index (χ1n) is 12.6. The number of benzene rings is 1. The van der Waals surface area contributed by atoms with E-state index < -0.39 is 0 Å². The minimum Gasteiger partial charge on any atom is -0.372 e. The fraction of sp³-hybridized carbons (Fsp3) is 0.769. The zero-order chi connectivity index (χ0) is 19.7. The molecule has 3 nitrogen and oxygen atoms in total. The average molecular weight is 432 g/mol. The van der Waals surface area contributed by atoms with Crippen LogP contribution in [0.25, 0.3) is 0 Å². The highest BCUT2D eigenvalue weighted by atomic mass is 35.5. The SMILES string of the molecule is CCCN1CCN(c2ccc(N3CCCCC3)cc2C2CCC3(CC2)CC3)CC1.Cl. The van der Waals surface area contributed by atoms with Crippen LogP contribution in [0.5, 0.6) is 0 Å². The third kappa shape index (κ3) is 4.78. The standard InChI is InChI=1S/C26H41N3.ClH/c1-2-14-27-17-19-29(20-18-27)25-7-6-23(28-15-4-3-5-16-28)21-24(25)22-8-10-26(11-9-22)12-13-26;/h6-7,21-22H,2-5,8-20H2,1H3;1H. The Morgan fingerprint density at radius 2 is 1.53 bits per heavy atom. The van der Waals surface area contributed by atoms with Crippen LogP contribution < -0.4 is 9.80 Å². The molecule has 1 aromatic carbocycles. The predicted octanol–water partition coefficient (Wildman–Crippen LogP) is 6.07. The molecule has 1 spiro atoms. The van der Waals surface area contributed by atoms with Crippen molar-refractivity contribution >= 4 is 23.8 Å². The Labute approximate surface area is 190 Å². The van der Waals surface area contributed by atoms with Gasteiger partial charge in [-0.2, -0.15) is 0 Å². The second kappa shape index (κ2) is 9.69. The van der Waals surface area contributed by atoms with Gasteiger partial charge in [0.2, 0.25) is 0 Å². The summed E-state index contributed by atoms with van der Waals surface area (Å²) in [5.74, 6) is 0.787.